The Morgan fingerprint density at radius 3 is 2.52 bits per heavy atom. The minimum absolute atomic E-state index is 0.0316. The molecule has 0 heterocycles. The molecule has 6 heteroatoms. The van der Waals surface area contributed by atoms with Gasteiger partial charge in [0, 0.05) is 18.6 Å². The SMILES string of the molecule is O=C(O)[C@H](Cc1cccc([N+](=O)[O-])c1)Oc1ccc2ccccc2c1. The molecule has 0 radical (unpaired) electrons. The second-order valence-corrected chi connectivity index (χ2v) is 5.58. The monoisotopic (exact) mass is 337 g/mol. The molecule has 0 aromatic heterocycles. The summed E-state index contributed by atoms with van der Waals surface area (Å²) in [6, 6.07) is 18.9. The van der Waals surface area contributed by atoms with E-state index in [1.807, 2.05) is 30.3 Å². The minimum Gasteiger partial charge on any atom is -0.478 e. The fourth-order valence-electron chi connectivity index (χ4n) is 2.60. The Morgan fingerprint density at radius 1 is 1.04 bits per heavy atom. The molecule has 25 heavy (non-hydrogen) atoms. The van der Waals surface area contributed by atoms with Gasteiger partial charge in [-0.3, -0.25) is 10.1 Å². The van der Waals surface area contributed by atoms with Gasteiger partial charge >= 0.3 is 5.97 Å². The van der Waals surface area contributed by atoms with Crippen molar-refractivity contribution in [2.75, 3.05) is 0 Å². The quantitative estimate of drug-likeness (QED) is 0.545. The Morgan fingerprint density at radius 2 is 1.80 bits per heavy atom. The highest BCUT2D eigenvalue weighted by Gasteiger charge is 2.21. The largest absolute Gasteiger partial charge is 0.478 e. The fourth-order valence-corrected chi connectivity index (χ4v) is 2.60. The third kappa shape index (κ3) is 3.92. The fraction of sp³-hybridized carbons (Fsp3) is 0.105. The third-order valence-corrected chi connectivity index (χ3v) is 3.82. The lowest BCUT2D eigenvalue weighted by Crippen LogP contribution is -2.29. The number of fused-ring (bicyclic) bond motifs is 1. The number of nitrogens with zero attached hydrogens (tertiary/aromatic N) is 1. The summed E-state index contributed by atoms with van der Waals surface area (Å²) < 4.78 is 5.62. The van der Waals surface area contributed by atoms with E-state index in [1.165, 1.54) is 18.2 Å². The molecule has 3 aromatic carbocycles. The molecule has 1 N–H and O–H groups in total. The molecular formula is C19H15NO5. The van der Waals surface area contributed by atoms with E-state index >= 15 is 0 Å². The van der Waals surface area contributed by atoms with Crippen molar-refractivity contribution >= 4 is 22.4 Å². The summed E-state index contributed by atoms with van der Waals surface area (Å²) in [6.45, 7) is 0. The van der Waals surface area contributed by atoms with Gasteiger partial charge in [0.2, 0.25) is 0 Å². The maximum Gasteiger partial charge on any atom is 0.345 e. The first-order valence-corrected chi connectivity index (χ1v) is 7.64. The molecule has 0 aliphatic heterocycles. The summed E-state index contributed by atoms with van der Waals surface area (Å²) in [5.41, 5.74) is 0.453. The van der Waals surface area contributed by atoms with Crippen LogP contribution in [-0.2, 0) is 11.2 Å². The average Bonchev–Trinajstić information content (AvgIpc) is 2.61. The zero-order chi connectivity index (χ0) is 17.8. The van der Waals surface area contributed by atoms with E-state index < -0.39 is 17.0 Å². The lowest BCUT2D eigenvalue weighted by Gasteiger charge is -2.15. The van der Waals surface area contributed by atoms with Crippen LogP contribution in [0.1, 0.15) is 5.56 Å². The second kappa shape index (κ2) is 7.00. The van der Waals surface area contributed by atoms with Crippen LogP contribution in [0, 0.1) is 10.1 Å². The van der Waals surface area contributed by atoms with Crippen LogP contribution in [0.25, 0.3) is 10.8 Å². The van der Waals surface area contributed by atoms with Crippen molar-refractivity contribution in [1.29, 1.82) is 0 Å². The van der Waals surface area contributed by atoms with E-state index in [-0.39, 0.29) is 12.1 Å². The topological polar surface area (TPSA) is 89.7 Å². The number of nitro groups is 1. The van der Waals surface area contributed by atoms with Crippen LogP contribution in [-0.4, -0.2) is 22.1 Å². The summed E-state index contributed by atoms with van der Waals surface area (Å²) in [5.74, 6) is -0.684. The Labute approximate surface area is 143 Å². The van der Waals surface area contributed by atoms with Gasteiger partial charge < -0.3 is 9.84 Å². The summed E-state index contributed by atoms with van der Waals surface area (Å²) >= 11 is 0. The number of carboxylic acid groups (broad SMARTS) is 1. The number of nitro benzene ring substituents is 1. The van der Waals surface area contributed by atoms with Crippen LogP contribution in [0.4, 0.5) is 5.69 Å². The maximum atomic E-state index is 11.5. The number of benzene rings is 3. The molecule has 1 atom stereocenters. The smallest absolute Gasteiger partial charge is 0.345 e. The van der Waals surface area contributed by atoms with Gasteiger partial charge in [-0.05, 0) is 28.5 Å². The van der Waals surface area contributed by atoms with Gasteiger partial charge in [-0.25, -0.2) is 4.79 Å². The molecule has 6 nitrogen and oxygen atoms in total. The van der Waals surface area contributed by atoms with Crippen LogP contribution in [0.5, 0.6) is 5.75 Å². The first kappa shape index (κ1) is 16.4. The van der Waals surface area contributed by atoms with Gasteiger partial charge in [-0.15, -0.1) is 0 Å². The van der Waals surface area contributed by atoms with Gasteiger partial charge in [-0.1, -0.05) is 42.5 Å². The number of aliphatic carboxylic acids is 1. The summed E-state index contributed by atoms with van der Waals surface area (Å²) in [5, 5.41) is 22.2. The van der Waals surface area contributed by atoms with Crippen molar-refractivity contribution in [3.05, 3.63) is 82.4 Å². The molecule has 3 rings (SSSR count). The highest BCUT2D eigenvalue weighted by atomic mass is 16.6. The number of rotatable bonds is 6. The Kier molecular flexibility index (Phi) is 4.61. The molecule has 0 aliphatic carbocycles. The normalized spacial score (nSPS) is 11.8. The number of ether oxygens (including phenoxy) is 1. The van der Waals surface area contributed by atoms with E-state index in [1.54, 1.807) is 18.2 Å². The van der Waals surface area contributed by atoms with Crippen LogP contribution in [0.2, 0.25) is 0 Å². The molecule has 0 fully saturated rings. The van der Waals surface area contributed by atoms with Gasteiger partial charge in [0.1, 0.15) is 5.75 Å². The van der Waals surface area contributed by atoms with Crippen molar-refractivity contribution in [1.82, 2.24) is 0 Å². The van der Waals surface area contributed by atoms with E-state index in [0.717, 1.165) is 10.8 Å². The van der Waals surface area contributed by atoms with Gasteiger partial charge in [0.05, 0.1) is 4.92 Å². The number of non-ortho nitro benzene ring substituents is 1. The zero-order valence-corrected chi connectivity index (χ0v) is 13.2. The highest BCUT2D eigenvalue weighted by Crippen LogP contribution is 2.23. The number of carbonyl (C=O) groups is 1. The number of hydrogen-bond acceptors (Lipinski definition) is 4. The Hall–Kier alpha value is -3.41. The standard InChI is InChI=1S/C19H15NO5/c21-19(22)18(11-13-4-3-7-16(10-13)20(23)24)25-17-9-8-14-5-1-2-6-15(14)12-17/h1-10,12,18H,11H2,(H,21,22)/t18-/m0/s1. The predicted octanol–water partition coefficient (Wildman–Crippen LogP) is 3.82. The van der Waals surface area contributed by atoms with Crippen molar-refractivity contribution in [2.45, 2.75) is 12.5 Å². The van der Waals surface area contributed by atoms with Crippen molar-refractivity contribution in [3.63, 3.8) is 0 Å². The molecule has 0 saturated carbocycles. The third-order valence-electron chi connectivity index (χ3n) is 3.82. The van der Waals surface area contributed by atoms with Crippen LogP contribution in [0.15, 0.2) is 66.7 Å². The molecule has 0 saturated heterocycles. The molecule has 0 spiro atoms. The van der Waals surface area contributed by atoms with Crippen LogP contribution >= 0.6 is 0 Å². The van der Waals surface area contributed by atoms with Gasteiger partial charge in [0.15, 0.2) is 6.10 Å². The van der Waals surface area contributed by atoms with Crippen molar-refractivity contribution in [2.24, 2.45) is 0 Å². The average molecular weight is 337 g/mol. The maximum absolute atomic E-state index is 11.5. The molecule has 126 valence electrons. The van der Waals surface area contributed by atoms with Crippen molar-refractivity contribution in [3.8, 4) is 5.75 Å². The first-order chi connectivity index (χ1) is 12.0. The van der Waals surface area contributed by atoms with Crippen LogP contribution in [0.3, 0.4) is 0 Å². The molecule has 0 bridgehead atoms. The Bertz CT molecular complexity index is 938. The minimum atomic E-state index is -1.14. The van der Waals surface area contributed by atoms with E-state index in [9.17, 15) is 20.0 Å². The van der Waals surface area contributed by atoms with Gasteiger partial charge in [0.25, 0.3) is 5.69 Å². The predicted molar refractivity (Wildman–Crippen MR) is 92.8 cm³/mol. The van der Waals surface area contributed by atoms with Gasteiger partial charge in [-0.2, -0.15) is 0 Å². The number of hydrogen-bond donors (Lipinski definition) is 1. The molecule has 0 amide bonds. The van der Waals surface area contributed by atoms with E-state index in [0.29, 0.717) is 11.3 Å². The van der Waals surface area contributed by atoms with Crippen LogP contribution < -0.4 is 4.74 Å². The molecule has 3 aromatic rings. The van der Waals surface area contributed by atoms with E-state index in [2.05, 4.69) is 0 Å². The van der Waals surface area contributed by atoms with E-state index in [4.69, 9.17) is 4.74 Å². The highest BCUT2D eigenvalue weighted by molar-refractivity contribution is 5.84. The molecule has 0 unspecified atom stereocenters. The summed E-state index contributed by atoms with van der Waals surface area (Å²) in [7, 11) is 0. The lowest BCUT2D eigenvalue weighted by atomic mass is 10.1. The zero-order valence-electron chi connectivity index (χ0n) is 13.2. The second-order valence-electron chi connectivity index (χ2n) is 5.58. The Balaban J connectivity index is 1.82. The lowest BCUT2D eigenvalue weighted by molar-refractivity contribution is -0.384. The molecule has 0 aliphatic rings. The summed E-state index contributed by atoms with van der Waals surface area (Å²) in [4.78, 5) is 21.9. The summed E-state index contributed by atoms with van der Waals surface area (Å²) in [6.07, 6.45) is -1.10. The molecular weight excluding hydrogens is 322 g/mol. The first-order valence-electron chi connectivity index (χ1n) is 7.64. The van der Waals surface area contributed by atoms with Crippen molar-refractivity contribution < 1.29 is 19.6 Å². The number of carboxylic acids is 1.